The van der Waals surface area contributed by atoms with Gasteiger partial charge < -0.3 is 14.5 Å². The van der Waals surface area contributed by atoms with Crippen LogP contribution in [0.15, 0.2) is 34.8 Å². The summed E-state index contributed by atoms with van der Waals surface area (Å²) in [6.45, 7) is 6.47. The van der Waals surface area contributed by atoms with Crippen LogP contribution in [0, 0.1) is 11.8 Å². The molecule has 13 heteroatoms. The highest BCUT2D eigenvalue weighted by atomic mass is 16.5. The van der Waals surface area contributed by atoms with Gasteiger partial charge in [0, 0.05) is 43.2 Å². The van der Waals surface area contributed by atoms with E-state index in [0.717, 1.165) is 13.1 Å². The Bertz CT molecular complexity index is 1060. The van der Waals surface area contributed by atoms with E-state index in [0.29, 0.717) is 18.9 Å². The van der Waals surface area contributed by atoms with E-state index in [9.17, 15) is 9.59 Å². The van der Waals surface area contributed by atoms with E-state index in [4.69, 9.17) is 10.3 Å². The summed E-state index contributed by atoms with van der Waals surface area (Å²) in [5.74, 6) is -0.302. The fourth-order valence-electron chi connectivity index (χ4n) is 4.21. The van der Waals surface area contributed by atoms with Gasteiger partial charge in [0.2, 0.25) is 0 Å². The molecule has 5 atom stereocenters. The van der Waals surface area contributed by atoms with Crippen LogP contribution in [0.5, 0.6) is 0 Å². The standard InChI is InChI=1S/C19H26N10O3/c1-12-13(2)18(28-5-4-14(23-19(28)31)29-11-21-10-22-29)32-16(15(12)24-25-20)17(30)27-8-6-26(3)7-9-27/h4-5,10-13,15-16,18H,6-9H2,1-3H3/t12-,13-,15+,16+,18-/m1/s1. The zero-order chi connectivity index (χ0) is 22.8. The molecule has 0 radical (unpaired) electrons. The fourth-order valence-corrected chi connectivity index (χ4v) is 4.21. The van der Waals surface area contributed by atoms with Crippen molar-refractivity contribution in [2.24, 2.45) is 17.0 Å². The summed E-state index contributed by atoms with van der Waals surface area (Å²) in [6, 6.07) is 0.963. The molecule has 13 nitrogen and oxygen atoms in total. The lowest BCUT2D eigenvalue weighted by atomic mass is 9.82. The lowest BCUT2D eigenvalue weighted by molar-refractivity contribution is -0.180. The summed E-state index contributed by atoms with van der Waals surface area (Å²) in [5.41, 5.74) is 8.58. The molecule has 170 valence electrons. The molecule has 0 aliphatic carbocycles. The van der Waals surface area contributed by atoms with Gasteiger partial charge in [0.25, 0.3) is 5.91 Å². The number of likely N-dealkylation sites (N-methyl/N-ethyl adjacent to an activating group) is 1. The summed E-state index contributed by atoms with van der Waals surface area (Å²) in [4.78, 5) is 41.0. The SMILES string of the molecule is C[C@@H]1[C@@H](C)[C@H](n2ccc(-n3cncn3)nc2=O)O[C@H](C(=O)N2CCN(C)CC2)[C@H]1N=[N+]=[N-]. The second kappa shape index (κ2) is 9.07. The topological polar surface area (TPSA) is 147 Å². The van der Waals surface area contributed by atoms with Crippen LogP contribution in [-0.4, -0.2) is 85.4 Å². The highest BCUT2D eigenvalue weighted by Crippen LogP contribution is 2.38. The van der Waals surface area contributed by atoms with Crippen molar-refractivity contribution in [1.29, 1.82) is 0 Å². The Morgan fingerprint density at radius 2 is 2.00 bits per heavy atom. The molecule has 2 aliphatic rings. The third-order valence-electron chi connectivity index (χ3n) is 6.40. The Hall–Kier alpha value is -3.28. The quantitative estimate of drug-likeness (QED) is 0.379. The number of nitrogens with zero attached hydrogens (tertiary/aromatic N) is 10. The van der Waals surface area contributed by atoms with Gasteiger partial charge in [0.15, 0.2) is 5.82 Å². The number of hydrogen-bond donors (Lipinski definition) is 0. The summed E-state index contributed by atoms with van der Waals surface area (Å²) in [7, 11) is 2.00. The second-order valence-electron chi connectivity index (χ2n) is 8.31. The Morgan fingerprint density at radius 3 is 2.62 bits per heavy atom. The first kappa shape index (κ1) is 21.9. The summed E-state index contributed by atoms with van der Waals surface area (Å²) >= 11 is 0. The molecule has 0 aromatic carbocycles. The zero-order valence-electron chi connectivity index (χ0n) is 18.2. The van der Waals surface area contributed by atoms with E-state index in [1.54, 1.807) is 17.2 Å². The molecule has 2 saturated heterocycles. The first-order valence-electron chi connectivity index (χ1n) is 10.5. The average molecular weight is 442 g/mol. The molecule has 4 heterocycles. The minimum Gasteiger partial charge on any atom is -0.344 e. The molecular formula is C19H26N10O3. The van der Waals surface area contributed by atoms with Crippen LogP contribution in [-0.2, 0) is 9.53 Å². The van der Waals surface area contributed by atoms with Gasteiger partial charge in [-0.2, -0.15) is 10.1 Å². The maximum atomic E-state index is 13.3. The van der Waals surface area contributed by atoms with Crippen LogP contribution < -0.4 is 5.69 Å². The van der Waals surface area contributed by atoms with Gasteiger partial charge in [-0.25, -0.2) is 14.5 Å². The van der Waals surface area contributed by atoms with Crippen molar-refractivity contribution in [3.63, 3.8) is 0 Å². The van der Waals surface area contributed by atoms with Crippen LogP contribution in [0.2, 0.25) is 0 Å². The Labute approximate surface area is 184 Å². The lowest BCUT2D eigenvalue weighted by Crippen LogP contribution is -2.57. The number of carbonyl (C=O) groups is 1. The second-order valence-corrected chi connectivity index (χ2v) is 8.31. The first-order chi connectivity index (χ1) is 15.4. The smallest absolute Gasteiger partial charge is 0.344 e. The first-order valence-corrected chi connectivity index (χ1v) is 10.5. The van der Waals surface area contributed by atoms with Gasteiger partial charge in [-0.3, -0.25) is 9.36 Å². The zero-order valence-corrected chi connectivity index (χ0v) is 18.2. The molecule has 0 unspecified atom stereocenters. The Kier molecular flexibility index (Phi) is 6.21. The number of piperazine rings is 1. The number of ether oxygens (including phenoxy) is 1. The highest BCUT2D eigenvalue weighted by molar-refractivity contribution is 5.82. The molecule has 0 saturated carbocycles. The summed E-state index contributed by atoms with van der Waals surface area (Å²) in [6.07, 6.45) is 2.66. The van der Waals surface area contributed by atoms with Crippen LogP contribution in [0.1, 0.15) is 20.1 Å². The number of aromatic nitrogens is 5. The van der Waals surface area contributed by atoms with Gasteiger partial charge in [0.1, 0.15) is 25.0 Å². The van der Waals surface area contributed by atoms with Crippen molar-refractivity contribution in [2.45, 2.75) is 32.2 Å². The number of carbonyl (C=O) groups excluding carboxylic acids is 1. The summed E-state index contributed by atoms with van der Waals surface area (Å²) < 4.78 is 8.95. The average Bonchev–Trinajstić information content (AvgIpc) is 3.33. The monoisotopic (exact) mass is 442 g/mol. The largest absolute Gasteiger partial charge is 0.351 e. The molecule has 0 bridgehead atoms. The van der Waals surface area contributed by atoms with Crippen LogP contribution in [0.3, 0.4) is 0 Å². The van der Waals surface area contributed by atoms with Gasteiger partial charge in [-0.15, -0.1) is 0 Å². The van der Waals surface area contributed by atoms with Crippen molar-refractivity contribution in [3.8, 4) is 5.82 Å². The molecule has 2 aliphatic heterocycles. The number of amides is 1. The molecule has 1 amide bonds. The third kappa shape index (κ3) is 4.09. The van der Waals surface area contributed by atoms with Crippen molar-refractivity contribution in [1.82, 2.24) is 34.1 Å². The van der Waals surface area contributed by atoms with Crippen molar-refractivity contribution in [2.75, 3.05) is 33.2 Å². The fraction of sp³-hybridized carbons (Fsp3) is 0.632. The van der Waals surface area contributed by atoms with Crippen molar-refractivity contribution in [3.05, 3.63) is 45.8 Å². The summed E-state index contributed by atoms with van der Waals surface area (Å²) in [5, 5.41) is 7.88. The van der Waals surface area contributed by atoms with Crippen molar-refractivity contribution < 1.29 is 9.53 Å². The van der Waals surface area contributed by atoms with Crippen LogP contribution in [0.4, 0.5) is 0 Å². The molecule has 4 rings (SSSR count). The minimum atomic E-state index is -0.979. The van der Waals surface area contributed by atoms with E-state index < -0.39 is 24.1 Å². The number of hydrogen-bond acceptors (Lipinski definition) is 8. The minimum absolute atomic E-state index is 0.201. The predicted molar refractivity (Wildman–Crippen MR) is 113 cm³/mol. The molecule has 32 heavy (non-hydrogen) atoms. The maximum Gasteiger partial charge on any atom is 0.351 e. The van der Waals surface area contributed by atoms with Gasteiger partial charge in [-0.1, -0.05) is 19.0 Å². The van der Waals surface area contributed by atoms with E-state index in [1.807, 2.05) is 20.9 Å². The van der Waals surface area contributed by atoms with E-state index >= 15 is 0 Å². The highest BCUT2D eigenvalue weighted by Gasteiger charge is 2.46. The van der Waals surface area contributed by atoms with Gasteiger partial charge in [0.05, 0.1) is 6.04 Å². The number of azide groups is 1. The van der Waals surface area contributed by atoms with Gasteiger partial charge >= 0.3 is 5.69 Å². The lowest BCUT2D eigenvalue weighted by Gasteiger charge is -2.44. The van der Waals surface area contributed by atoms with Crippen LogP contribution >= 0.6 is 0 Å². The molecule has 2 aromatic rings. The normalized spacial score (nSPS) is 28.8. The van der Waals surface area contributed by atoms with Crippen LogP contribution in [0.25, 0.3) is 16.3 Å². The Balaban J connectivity index is 1.64. The molecule has 2 fully saturated rings. The van der Waals surface area contributed by atoms with Crippen molar-refractivity contribution >= 4 is 5.91 Å². The Morgan fingerprint density at radius 1 is 1.25 bits per heavy atom. The van der Waals surface area contributed by atoms with E-state index in [2.05, 4.69) is 30.0 Å². The third-order valence-corrected chi connectivity index (χ3v) is 6.40. The number of rotatable bonds is 4. The predicted octanol–water partition coefficient (Wildman–Crippen LogP) is 0.447. The molecule has 2 aromatic heterocycles. The van der Waals surface area contributed by atoms with E-state index in [-0.39, 0.29) is 17.7 Å². The van der Waals surface area contributed by atoms with E-state index in [1.165, 1.54) is 21.9 Å². The molecular weight excluding hydrogens is 416 g/mol. The van der Waals surface area contributed by atoms with Gasteiger partial charge in [-0.05, 0) is 24.6 Å². The maximum absolute atomic E-state index is 13.3. The molecule has 0 spiro atoms. The molecule has 0 N–H and O–H groups in total.